The zero-order chi connectivity index (χ0) is 14.7. The molecule has 0 aliphatic rings. The quantitative estimate of drug-likeness (QED) is 0.848. The number of alkyl halides is 3. The van der Waals surface area contributed by atoms with Gasteiger partial charge in [-0.2, -0.15) is 13.2 Å². The molecule has 1 aromatic carbocycles. The molecular weight excluding hydrogens is 257 g/mol. The zero-order valence-corrected chi connectivity index (χ0v) is 11.1. The van der Waals surface area contributed by atoms with Crippen LogP contribution in [0.2, 0.25) is 0 Å². The second-order valence-electron chi connectivity index (χ2n) is 5.25. The molecule has 0 spiro atoms. The summed E-state index contributed by atoms with van der Waals surface area (Å²) < 4.78 is 35.7. The minimum atomic E-state index is -4.41. The van der Waals surface area contributed by atoms with E-state index in [0.29, 0.717) is 5.69 Å². The predicted molar refractivity (Wildman–Crippen MR) is 68.2 cm³/mol. The van der Waals surface area contributed by atoms with Gasteiger partial charge in [-0.1, -0.05) is 32.9 Å². The predicted octanol–water partition coefficient (Wildman–Crippen LogP) is 3.67. The molecule has 1 aromatic rings. The van der Waals surface area contributed by atoms with Gasteiger partial charge in [0.05, 0.1) is 0 Å². The fourth-order valence-electron chi connectivity index (χ4n) is 1.41. The molecule has 0 unspecified atom stereocenters. The van der Waals surface area contributed by atoms with Crippen molar-refractivity contribution in [1.29, 1.82) is 0 Å². The van der Waals surface area contributed by atoms with E-state index in [-0.39, 0.29) is 5.41 Å². The minimum Gasteiger partial charge on any atom is -0.329 e. The lowest BCUT2D eigenvalue weighted by molar-refractivity contribution is -0.122. The highest BCUT2D eigenvalue weighted by atomic mass is 19.4. The molecule has 106 valence electrons. The summed E-state index contributed by atoms with van der Waals surface area (Å²) in [5, 5.41) is 4.08. The van der Waals surface area contributed by atoms with Crippen molar-refractivity contribution in [2.45, 2.75) is 32.4 Å². The first-order valence-corrected chi connectivity index (χ1v) is 5.80. The monoisotopic (exact) mass is 274 g/mol. The second-order valence-corrected chi connectivity index (χ2v) is 5.25. The van der Waals surface area contributed by atoms with Crippen LogP contribution in [0.15, 0.2) is 24.3 Å². The Morgan fingerprint density at radius 1 is 1.11 bits per heavy atom. The van der Waals surface area contributed by atoms with Crippen molar-refractivity contribution in [2.24, 2.45) is 0 Å². The molecule has 0 saturated heterocycles. The van der Waals surface area contributed by atoms with Gasteiger partial charge in [-0.25, -0.2) is 4.79 Å². The number of amides is 2. The molecule has 0 atom stereocenters. The number of hydrogen-bond donors (Lipinski definition) is 2. The number of hydrogen-bond acceptors (Lipinski definition) is 1. The first kappa shape index (κ1) is 15.3. The summed E-state index contributed by atoms with van der Waals surface area (Å²) in [4.78, 5) is 11.2. The van der Waals surface area contributed by atoms with Gasteiger partial charge < -0.3 is 10.6 Å². The maximum Gasteiger partial charge on any atom is 0.405 e. The number of halogens is 3. The van der Waals surface area contributed by atoms with E-state index in [4.69, 9.17) is 0 Å². The smallest absolute Gasteiger partial charge is 0.329 e. The van der Waals surface area contributed by atoms with Gasteiger partial charge in [0.25, 0.3) is 0 Å². The summed E-state index contributed by atoms with van der Waals surface area (Å²) in [6.45, 7) is 4.79. The van der Waals surface area contributed by atoms with Crippen LogP contribution in [0.25, 0.3) is 0 Å². The Balaban J connectivity index is 2.56. The number of benzene rings is 1. The normalized spacial score (nSPS) is 12.1. The fraction of sp³-hybridized carbons (Fsp3) is 0.462. The lowest BCUT2D eigenvalue weighted by atomic mass is 9.87. The zero-order valence-electron chi connectivity index (χ0n) is 11.1. The average Bonchev–Trinajstić information content (AvgIpc) is 2.25. The van der Waals surface area contributed by atoms with Gasteiger partial charge in [0.2, 0.25) is 0 Å². The summed E-state index contributed by atoms with van der Waals surface area (Å²) >= 11 is 0. The number of carbonyl (C=O) groups excluding carboxylic acids is 1. The molecule has 0 aliphatic carbocycles. The van der Waals surface area contributed by atoms with Crippen LogP contribution in [-0.2, 0) is 5.41 Å². The molecule has 0 fully saturated rings. The Labute approximate surface area is 110 Å². The third-order valence-corrected chi connectivity index (χ3v) is 2.46. The summed E-state index contributed by atoms with van der Waals surface area (Å²) in [6.07, 6.45) is -4.41. The van der Waals surface area contributed by atoms with Crippen molar-refractivity contribution in [2.75, 3.05) is 11.9 Å². The van der Waals surface area contributed by atoms with E-state index in [1.165, 1.54) is 0 Å². The number of carbonyl (C=O) groups is 1. The van der Waals surface area contributed by atoms with E-state index in [2.05, 4.69) is 5.32 Å². The molecular formula is C13H17F3N2O. The molecule has 2 N–H and O–H groups in total. The second kappa shape index (κ2) is 5.50. The van der Waals surface area contributed by atoms with Crippen LogP contribution >= 0.6 is 0 Å². The van der Waals surface area contributed by atoms with E-state index >= 15 is 0 Å². The maximum atomic E-state index is 11.9. The molecule has 3 nitrogen and oxygen atoms in total. The summed E-state index contributed by atoms with van der Waals surface area (Å²) in [5.41, 5.74) is 1.51. The molecule has 19 heavy (non-hydrogen) atoms. The standard InChI is InChI=1S/C13H17F3N2O/c1-12(2,3)9-4-6-10(7-5-9)18-11(19)17-8-13(14,15)16/h4-7H,8H2,1-3H3,(H2,17,18,19). The van der Waals surface area contributed by atoms with Gasteiger partial charge in [0.15, 0.2) is 0 Å². The SMILES string of the molecule is CC(C)(C)c1ccc(NC(=O)NCC(F)(F)F)cc1. The number of urea groups is 1. The molecule has 2 amide bonds. The lowest BCUT2D eigenvalue weighted by Crippen LogP contribution is -2.36. The van der Waals surface area contributed by atoms with E-state index in [9.17, 15) is 18.0 Å². The van der Waals surface area contributed by atoms with Crippen molar-refractivity contribution in [3.05, 3.63) is 29.8 Å². The molecule has 0 radical (unpaired) electrons. The van der Waals surface area contributed by atoms with Gasteiger partial charge in [0, 0.05) is 5.69 Å². The van der Waals surface area contributed by atoms with E-state index in [1.54, 1.807) is 17.4 Å². The van der Waals surface area contributed by atoms with Crippen molar-refractivity contribution in [3.63, 3.8) is 0 Å². The van der Waals surface area contributed by atoms with Crippen molar-refractivity contribution in [3.8, 4) is 0 Å². The van der Waals surface area contributed by atoms with E-state index < -0.39 is 18.8 Å². The Kier molecular flexibility index (Phi) is 4.44. The molecule has 0 aliphatic heterocycles. The van der Waals surface area contributed by atoms with Crippen molar-refractivity contribution < 1.29 is 18.0 Å². The Morgan fingerprint density at radius 3 is 2.05 bits per heavy atom. The van der Waals surface area contributed by atoms with Crippen molar-refractivity contribution >= 4 is 11.7 Å². The highest BCUT2D eigenvalue weighted by molar-refractivity contribution is 5.89. The Hall–Kier alpha value is -1.72. The Morgan fingerprint density at radius 2 is 1.63 bits per heavy atom. The minimum absolute atomic E-state index is 0.0168. The number of nitrogens with one attached hydrogen (secondary N) is 2. The lowest BCUT2D eigenvalue weighted by Gasteiger charge is -2.19. The van der Waals surface area contributed by atoms with E-state index in [0.717, 1.165) is 5.56 Å². The number of rotatable bonds is 2. The van der Waals surface area contributed by atoms with Crippen molar-refractivity contribution in [1.82, 2.24) is 5.32 Å². The number of anilines is 1. The third kappa shape index (κ3) is 5.63. The molecule has 0 saturated carbocycles. The van der Waals surface area contributed by atoms with E-state index in [1.807, 2.05) is 32.9 Å². The van der Waals surface area contributed by atoms with Gasteiger partial charge in [-0.3, -0.25) is 0 Å². The molecule has 0 heterocycles. The van der Waals surface area contributed by atoms with Crippen LogP contribution < -0.4 is 10.6 Å². The van der Waals surface area contributed by atoms with Crippen LogP contribution in [0.3, 0.4) is 0 Å². The molecule has 1 rings (SSSR count). The van der Waals surface area contributed by atoms with Crippen LogP contribution in [-0.4, -0.2) is 18.8 Å². The highest BCUT2D eigenvalue weighted by Gasteiger charge is 2.27. The molecule has 0 aromatic heterocycles. The largest absolute Gasteiger partial charge is 0.405 e. The Bertz CT molecular complexity index is 433. The summed E-state index contributed by atoms with van der Waals surface area (Å²) in [5.74, 6) is 0. The molecule has 6 heteroatoms. The van der Waals surface area contributed by atoms with Crippen LogP contribution in [0.4, 0.5) is 23.7 Å². The third-order valence-electron chi connectivity index (χ3n) is 2.46. The summed E-state index contributed by atoms with van der Waals surface area (Å²) in [6, 6.07) is 6.11. The maximum absolute atomic E-state index is 11.9. The van der Waals surface area contributed by atoms with Crippen LogP contribution in [0, 0.1) is 0 Å². The summed E-state index contributed by atoms with van der Waals surface area (Å²) in [7, 11) is 0. The first-order chi connectivity index (χ1) is 8.58. The average molecular weight is 274 g/mol. The van der Waals surface area contributed by atoms with Crippen LogP contribution in [0.5, 0.6) is 0 Å². The highest BCUT2D eigenvalue weighted by Crippen LogP contribution is 2.23. The topological polar surface area (TPSA) is 41.1 Å². The fourth-order valence-corrected chi connectivity index (χ4v) is 1.41. The van der Waals surface area contributed by atoms with Gasteiger partial charge in [-0.15, -0.1) is 0 Å². The van der Waals surface area contributed by atoms with Gasteiger partial charge in [-0.05, 0) is 23.1 Å². The first-order valence-electron chi connectivity index (χ1n) is 5.80. The van der Waals surface area contributed by atoms with Crippen LogP contribution in [0.1, 0.15) is 26.3 Å². The van der Waals surface area contributed by atoms with Gasteiger partial charge in [0.1, 0.15) is 6.54 Å². The molecule has 0 bridgehead atoms. The van der Waals surface area contributed by atoms with Gasteiger partial charge >= 0.3 is 12.2 Å².